The van der Waals surface area contributed by atoms with E-state index in [4.69, 9.17) is 5.73 Å². The van der Waals surface area contributed by atoms with Gasteiger partial charge in [-0.3, -0.25) is 9.59 Å². The van der Waals surface area contributed by atoms with Crippen LogP contribution in [0.25, 0.3) is 0 Å². The number of nitrogens with two attached hydrogens (primary N) is 1. The number of piperidine rings is 1. The maximum absolute atomic E-state index is 12.7. The number of nitrogens with one attached hydrogen (secondary N) is 1. The number of rotatable bonds is 3. The number of amides is 2. The molecule has 5 nitrogen and oxygen atoms in total. The Kier molecular flexibility index (Phi) is 5.09. The lowest BCUT2D eigenvalue weighted by atomic mass is 9.79. The molecule has 0 spiro atoms. The summed E-state index contributed by atoms with van der Waals surface area (Å²) in [7, 11) is 0. The van der Waals surface area contributed by atoms with Gasteiger partial charge in [-0.25, -0.2) is 0 Å². The summed E-state index contributed by atoms with van der Waals surface area (Å²) in [4.78, 5) is 26.8. The minimum absolute atomic E-state index is 0.00547. The van der Waals surface area contributed by atoms with E-state index in [1.165, 1.54) is 0 Å². The van der Waals surface area contributed by atoms with Crippen molar-refractivity contribution in [1.82, 2.24) is 4.90 Å². The van der Waals surface area contributed by atoms with Gasteiger partial charge in [-0.05, 0) is 48.2 Å². The summed E-state index contributed by atoms with van der Waals surface area (Å²) in [5.41, 5.74) is 7.94. The van der Waals surface area contributed by atoms with Crippen LogP contribution in [0.15, 0.2) is 54.6 Å². The average molecular weight is 351 g/mol. The zero-order chi connectivity index (χ0) is 18.7. The molecule has 2 aromatic rings. The Balaban J connectivity index is 1.66. The van der Waals surface area contributed by atoms with Crippen molar-refractivity contribution in [3.63, 3.8) is 0 Å². The number of likely N-dealkylation sites (tertiary alicyclic amines) is 1. The van der Waals surface area contributed by atoms with Gasteiger partial charge in [-0.15, -0.1) is 0 Å². The fraction of sp³-hybridized carbons (Fsp3) is 0.333. The Morgan fingerprint density at radius 1 is 1.04 bits per heavy atom. The van der Waals surface area contributed by atoms with Crippen LogP contribution in [-0.4, -0.2) is 35.8 Å². The minimum Gasteiger partial charge on any atom is -0.338 e. The lowest BCUT2D eigenvalue weighted by Crippen LogP contribution is -2.53. The first-order valence-corrected chi connectivity index (χ1v) is 8.88. The molecule has 0 saturated carbocycles. The summed E-state index contributed by atoms with van der Waals surface area (Å²) in [5, 5.41) is 2.84. The molecule has 0 aromatic heterocycles. The van der Waals surface area contributed by atoms with Crippen LogP contribution in [0.1, 0.15) is 41.0 Å². The van der Waals surface area contributed by atoms with E-state index in [0.717, 1.165) is 6.42 Å². The lowest BCUT2D eigenvalue weighted by molar-refractivity contribution is 0.0533. The van der Waals surface area contributed by atoms with Crippen LogP contribution in [0.4, 0.5) is 5.69 Å². The summed E-state index contributed by atoms with van der Waals surface area (Å²) < 4.78 is 0. The van der Waals surface area contributed by atoms with Crippen LogP contribution in [-0.2, 0) is 0 Å². The van der Waals surface area contributed by atoms with E-state index < -0.39 is 0 Å². The SMILES string of the molecule is CC1(C)CN(C(=O)c2ccc(NC(=O)c3ccccc3)cc2)CCC1N. The summed E-state index contributed by atoms with van der Waals surface area (Å²) in [6.45, 7) is 5.52. The Bertz CT molecular complexity index is 785. The molecule has 1 heterocycles. The molecule has 1 saturated heterocycles. The number of benzene rings is 2. The maximum Gasteiger partial charge on any atom is 0.255 e. The van der Waals surface area contributed by atoms with Crippen molar-refractivity contribution < 1.29 is 9.59 Å². The second-order valence-electron chi connectivity index (χ2n) is 7.51. The number of carbonyl (C=O) groups excluding carboxylic acids is 2. The second kappa shape index (κ2) is 7.30. The standard InChI is InChI=1S/C21H25N3O2/c1-21(2)14-24(13-12-18(21)22)20(26)16-8-10-17(11-9-16)23-19(25)15-6-4-3-5-7-15/h3-11,18H,12-14,22H2,1-2H3,(H,23,25). The van der Waals surface area contributed by atoms with Crippen molar-refractivity contribution in [3.05, 3.63) is 65.7 Å². The predicted molar refractivity (Wildman–Crippen MR) is 103 cm³/mol. The van der Waals surface area contributed by atoms with Gasteiger partial charge in [0.05, 0.1) is 0 Å². The Labute approximate surface area is 154 Å². The molecule has 1 fully saturated rings. The van der Waals surface area contributed by atoms with Crippen molar-refractivity contribution in [2.24, 2.45) is 11.1 Å². The Morgan fingerprint density at radius 2 is 1.69 bits per heavy atom. The third-order valence-corrected chi connectivity index (χ3v) is 5.03. The molecular formula is C21H25N3O2. The van der Waals surface area contributed by atoms with Crippen molar-refractivity contribution in [3.8, 4) is 0 Å². The van der Waals surface area contributed by atoms with Crippen LogP contribution in [0, 0.1) is 5.41 Å². The summed E-state index contributed by atoms with van der Waals surface area (Å²) in [6, 6.07) is 16.2. The first kappa shape index (κ1) is 18.1. The fourth-order valence-electron chi connectivity index (χ4n) is 3.22. The van der Waals surface area contributed by atoms with Gasteiger partial charge in [0.1, 0.15) is 0 Å². The van der Waals surface area contributed by atoms with E-state index in [-0.39, 0.29) is 23.3 Å². The predicted octanol–water partition coefficient (Wildman–Crippen LogP) is 3.14. The molecule has 1 atom stereocenters. The van der Waals surface area contributed by atoms with Crippen LogP contribution in [0.2, 0.25) is 0 Å². The van der Waals surface area contributed by atoms with E-state index in [2.05, 4.69) is 19.2 Å². The highest BCUT2D eigenvalue weighted by atomic mass is 16.2. The lowest BCUT2D eigenvalue weighted by Gasteiger charge is -2.42. The van der Waals surface area contributed by atoms with Crippen molar-refractivity contribution in [1.29, 1.82) is 0 Å². The molecule has 1 unspecified atom stereocenters. The third-order valence-electron chi connectivity index (χ3n) is 5.03. The van der Waals surface area contributed by atoms with Gasteiger partial charge in [0.2, 0.25) is 0 Å². The van der Waals surface area contributed by atoms with Gasteiger partial charge in [-0.2, -0.15) is 0 Å². The molecule has 1 aliphatic heterocycles. The number of hydrogen-bond donors (Lipinski definition) is 2. The van der Waals surface area contributed by atoms with Crippen LogP contribution in [0.3, 0.4) is 0 Å². The summed E-state index contributed by atoms with van der Waals surface area (Å²) in [6.07, 6.45) is 0.809. The molecule has 2 aromatic carbocycles. The van der Waals surface area contributed by atoms with Crippen LogP contribution >= 0.6 is 0 Å². The molecule has 26 heavy (non-hydrogen) atoms. The van der Waals surface area contributed by atoms with Crippen molar-refractivity contribution in [2.45, 2.75) is 26.3 Å². The number of hydrogen-bond acceptors (Lipinski definition) is 3. The normalized spacial score (nSPS) is 19.0. The molecule has 5 heteroatoms. The highest BCUT2D eigenvalue weighted by Gasteiger charge is 2.35. The zero-order valence-electron chi connectivity index (χ0n) is 15.2. The molecular weight excluding hydrogens is 326 g/mol. The number of nitrogens with zero attached hydrogens (tertiary/aromatic N) is 1. The van der Waals surface area contributed by atoms with Crippen LogP contribution in [0.5, 0.6) is 0 Å². The first-order valence-electron chi connectivity index (χ1n) is 8.88. The third kappa shape index (κ3) is 3.94. The second-order valence-corrected chi connectivity index (χ2v) is 7.51. The molecule has 3 N–H and O–H groups in total. The Morgan fingerprint density at radius 3 is 2.31 bits per heavy atom. The molecule has 0 radical (unpaired) electrons. The average Bonchev–Trinajstić information content (AvgIpc) is 2.64. The van der Waals surface area contributed by atoms with Gasteiger partial charge in [0.15, 0.2) is 0 Å². The zero-order valence-corrected chi connectivity index (χ0v) is 15.2. The van der Waals surface area contributed by atoms with Crippen molar-refractivity contribution >= 4 is 17.5 Å². The van der Waals surface area contributed by atoms with E-state index >= 15 is 0 Å². The van der Waals surface area contributed by atoms with Gasteiger partial charge in [-0.1, -0.05) is 32.0 Å². The highest BCUT2D eigenvalue weighted by Crippen LogP contribution is 2.28. The number of carbonyl (C=O) groups is 2. The smallest absolute Gasteiger partial charge is 0.255 e. The fourth-order valence-corrected chi connectivity index (χ4v) is 3.22. The molecule has 2 amide bonds. The molecule has 1 aliphatic rings. The van der Waals surface area contributed by atoms with Gasteiger partial charge < -0.3 is 16.0 Å². The molecule has 0 aliphatic carbocycles. The quantitative estimate of drug-likeness (QED) is 0.892. The van der Waals surface area contributed by atoms with Gasteiger partial charge in [0, 0.05) is 35.9 Å². The number of anilines is 1. The first-order chi connectivity index (χ1) is 12.4. The van der Waals surface area contributed by atoms with Crippen LogP contribution < -0.4 is 11.1 Å². The maximum atomic E-state index is 12.7. The monoisotopic (exact) mass is 351 g/mol. The highest BCUT2D eigenvalue weighted by molar-refractivity contribution is 6.04. The molecule has 136 valence electrons. The summed E-state index contributed by atoms with van der Waals surface area (Å²) >= 11 is 0. The molecule has 0 bridgehead atoms. The summed E-state index contributed by atoms with van der Waals surface area (Å²) in [5.74, 6) is -0.164. The van der Waals surface area contributed by atoms with Gasteiger partial charge in [0.25, 0.3) is 11.8 Å². The Hall–Kier alpha value is -2.66. The van der Waals surface area contributed by atoms with E-state index in [1.807, 2.05) is 23.1 Å². The van der Waals surface area contributed by atoms with Crippen molar-refractivity contribution in [2.75, 3.05) is 18.4 Å². The molecule has 3 rings (SSSR count). The van der Waals surface area contributed by atoms with E-state index in [0.29, 0.717) is 29.9 Å². The largest absolute Gasteiger partial charge is 0.338 e. The van der Waals surface area contributed by atoms with E-state index in [9.17, 15) is 9.59 Å². The minimum atomic E-state index is -0.170. The van der Waals surface area contributed by atoms with Gasteiger partial charge >= 0.3 is 0 Å². The van der Waals surface area contributed by atoms with E-state index in [1.54, 1.807) is 36.4 Å². The topological polar surface area (TPSA) is 75.4 Å².